The lowest BCUT2D eigenvalue weighted by Gasteiger charge is -2.43. The summed E-state index contributed by atoms with van der Waals surface area (Å²) in [5, 5.41) is 3.51. The van der Waals surface area contributed by atoms with Gasteiger partial charge in [0.05, 0.1) is 0 Å². The van der Waals surface area contributed by atoms with Crippen LogP contribution in [0.3, 0.4) is 0 Å². The Morgan fingerprint density at radius 1 is 1.18 bits per heavy atom. The summed E-state index contributed by atoms with van der Waals surface area (Å²) in [6.45, 7) is 14.3. The monoisotopic (exact) mass is 240 g/mol. The van der Waals surface area contributed by atoms with Crippen LogP contribution in [-0.2, 0) is 0 Å². The predicted molar refractivity (Wildman–Crippen MR) is 76.4 cm³/mol. The zero-order valence-electron chi connectivity index (χ0n) is 12.4. The van der Waals surface area contributed by atoms with Gasteiger partial charge >= 0.3 is 0 Å². The average molecular weight is 240 g/mol. The molecule has 1 unspecified atom stereocenters. The summed E-state index contributed by atoms with van der Waals surface area (Å²) < 4.78 is 0. The Balaban J connectivity index is 2.63. The number of hydrogen-bond acceptors (Lipinski definition) is 2. The fourth-order valence-corrected chi connectivity index (χ4v) is 3.24. The fourth-order valence-electron chi connectivity index (χ4n) is 3.24. The van der Waals surface area contributed by atoms with Crippen molar-refractivity contribution in [2.24, 2.45) is 5.41 Å². The molecule has 2 nitrogen and oxygen atoms in total. The van der Waals surface area contributed by atoms with Gasteiger partial charge in [-0.3, -0.25) is 0 Å². The van der Waals surface area contributed by atoms with Crippen molar-refractivity contribution in [3.63, 3.8) is 0 Å². The van der Waals surface area contributed by atoms with E-state index < -0.39 is 0 Å². The highest BCUT2D eigenvalue weighted by atomic mass is 15.2. The van der Waals surface area contributed by atoms with E-state index in [0.717, 1.165) is 6.04 Å². The van der Waals surface area contributed by atoms with Crippen LogP contribution in [0.2, 0.25) is 0 Å². The van der Waals surface area contributed by atoms with Crippen LogP contribution in [-0.4, -0.2) is 37.1 Å². The first-order chi connectivity index (χ1) is 8.17. The van der Waals surface area contributed by atoms with Gasteiger partial charge < -0.3 is 10.2 Å². The van der Waals surface area contributed by atoms with E-state index in [1.165, 1.54) is 58.3 Å². The summed E-state index contributed by atoms with van der Waals surface area (Å²) in [7, 11) is 0. The van der Waals surface area contributed by atoms with Crippen molar-refractivity contribution < 1.29 is 0 Å². The van der Waals surface area contributed by atoms with E-state index in [0.29, 0.717) is 5.41 Å². The highest BCUT2D eigenvalue weighted by Crippen LogP contribution is 2.35. The van der Waals surface area contributed by atoms with Crippen molar-refractivity contribution in [3.8, 4) is 0 Å². The van der Waals surface area contributed by atoms with Gasteiger partial charge in [0.15, 0.2) is 0 Å². The Labute approximate surface area is 108 Å². The number of nitrogens with one attached hydrogen (secondary N) is 1. The van der Waals surface area contributed by atoms with Crippen LogP contribution < -0.4 is 5.32 Å². The first kappa shape index (κ1) is 15.0. The summed E-state index contributed by atoms with van der Waals surface area (Å²) >= 11 is 0. The van der Waals surface area contributed by atoms with Gasteiger partial charge in [-0.2, -0.15) is 0 Å². The van der Waals surface area contributed by atoms with Crippen LogP contribution >= 0.6 is 0 Å². The number of rotatable bonds is 7. The molecule has 1 fully saturated rings. The summed E-state index contributed by atoms with van der Waals surface area (Å²) in [5.74, 6) is 0. The van der Waals surface area contributed by atoms with Gasteiger partial charge in [-0.25, -0.2) is 0 Å². The minimum absolute atomic E-state index is 0.597. The van der Waals surface area contributed by atoms with Gasteiger partial charge in [-0.15, -0.1) is 0 Å². The van der Waals surface area contributed by atoms with E-state index in [4.69, 9.17) is 0 Å². The van der Waals surface area contributed by atoms with Gasteiger partial charge in [-0.05, 0) is 57.7 Å². The number of hydrogen-bond donors (Lipinski definition) is 1. The van der Waals surface area contributed by atoms with Crippen LogP contribution in [0.1, 0.15) is 59.8 Å². The Kier molecular flexibility index (Phi) is 6.50. The quantitative estimate of drug-likeness (QED) is 0.735. The number of piperidine rings is 1. The molecular weight excluding hydrogens is 208 g/mol. The van der Waals surface area contributed by atoms with E-state index >= 15 is 0 Å². The van der Waals surface area contributed by atoms with Crippen LogP contribution in [0.4, 0.5) is 0 Å². The van der Waals surface area contributed by atoms with E-state index in [-0.39, 0.29) is 0 Å². The molecule has 1 saturated heterocycles. The van der Waals surface area contributed by atoms with Gasteiger partial charge in [0.25, 0.3) is 0 Å². The fraction of sp³-hybridized carbons (Fsp3) is 1.00. The summed E-state index contributed by atoms with van der Waals surface area (Å²) in [6, 6.07) is 0.739. The van der Waals surface area contributed by atoms with Gasteiger partial charge in [0, 0.05) is 12.6 Å². The Morgan fingerprint density at radius 2 is 1.82 bits per heavy atom. The first-order valence-electron chi connectivity index (χ1n) is 7.62. The van der Waals surface area contributed by atoms with Crippen molar-refractivity contribution in [1.29, 1.82) is 0 Å². The minimum Gasteiger partial charge on any atom is -0.317 e. The Morgan fingerprint density at radius 3 is 2.29 bits per heavy atom. The third-order valence-corrected chi connectivity index (χ3v) is 4.60. The molecule has 102 valence electrons. The molecule has 1 aliphatic rings. The van der Waals surface area contributed by atoms with E-state index in [2.05, 4.69) is 37.9 Å². The topological polar surface area (TPSA) is 15.3 Å². The van der Waals surface area contributed by atoms with Crippen molar-refractivity contribution in [2.45, 2.75) is 65.8 Å². The van der Waals surface area contributed by atoms with E-state index in [9.17, 15) is 0 Å². The van der Waals surface area contributed by atoms with Gasteiger partial charge in [0.2, 0.25) is 0 Å². The molecule has 0 spiro atoms. The summed E-state index contributed by atoms with van der Waals surface area (Å²) in [4.78, 5) is 2.70. The standard InChI is InChI=1S/C15H32N2/c1-5-8-15(9-11-16-12-10-15)13-17(7-3)14(4)6-2/h14,16H,5-13H2,1-4H3. The predicted octanol–water partition coefficient (Wildman–Crippen LogP) is 3.28. The maximum atomic E-state index is 3.51. The van der Waals surface area contributed by atoms with Crippen LogP contribution in [0.25, 0.3) is 0 Å². The highest BCUT2D eigenvalue weighted by molar-refractivity contribution is 4.88. The van der Waals surface area contributed by atoms with Crippen molar-refractivity contribution in [3.05, 3.63) is 0 Å². The van der Waals surface area contributed by atoms with E-state index in [1.54, 1.807) is 0 Å². The second kappa shape index (κ2) is 7.38. The molecule has 1 atom stereocenters. The molecule has 1 heterocycles. The molecule has 0 amide bonds. The molecule has 1 aliphatic heterocycles. The molecular formula is C15H32N2. The smallest absolute Gasteiger partial charge is 0.00644 e. The maximum absolute atomic E-state index is 3.51. The zero-order chi connectivity index (χ0) is 12.7. The Bertz CT molecular complexity index is 192. The molecule has 17 heavy (non-hydrogen) atoms. The molecule has 0 aliphatic carbocycles. The number of nitrogens with zero attached hydrogens (tertiary/aromatic N) is 1. The lowest BCUT2D eigenvalue weighted by molar-refractivity contribution is 0.0797. The Hall–Kier alpha value is -0.0800. The van der Waals surface area contributed by atoms with Crippen LogP contribution in [0.5, 0.6) is 0 Å². The van der Waals surface area contributed by atoms with Crippen LogP contribution in [0.15, 0.2) is 0 Å². The largest absolute Gasteiger partial charge is 0.317 e. The molecule has 1 N–H and O–H groups in total. The lowest BCUT2D eigenvalue weighted by Crippen LogP contribution is -2.47. The first-order valence-corrected chi connectivity index (χ1v) is 7.62. The molecule has 1 rings (SSSR count). The SMILES string of the molecule is CCCC1(CN(CC)C(C)CC)CCNCC1. The third kappa shape index (κ3) is 4.26. The zero-order valence-corrected chi connectivity index (χ0v) is 12.4. The summed E-state index contributed by atoms with van der Waals surface area (Å²) in [5.41, 5.74) is 0.597. The van der Waals surface area contributed by atoms with Gasteiger partial charge in [-0.1, -0.05) is 27.2 Å². The van der Waals surface area contributed by atoms with Crippen molar-refractivity contribution >= 4 is 0 Å². The van der Waals surface area contributed by atoms with E-state index in [1.807, 2.05) is 0 Å². The maximum Gasteiger partial charge on any atom is 0.00644 e. The second-order valence-electron chi connectivity index (χ2n) is 5.82. The highest BCUT2D eigenvalue weighted by Gasteiger charge is 2.33. The molecule has 0 bridgehead atoms. The molecule has 0 aromatic rings. The molecule has 0 radical (unpaired) electrons. The normalized spacial score (nSPS) is 21.7. The van der Waals surface area contributed by atoms with Crippen molar-refractivity contribution in [2.75, 3.05) is 26.2 Å². The second-order valence-corrected chi connectivity index (χ2v) is 5.82. The van der Waals surface area contributed by atoms with Crippen LogP contribution in [0, 0.1) is 5.41 Å². The third-order valence-electron chi connectivity index (χ3n) is 4.60. The molecule has 0 aromatic carbocycles. The molecule has 0 saturated carbocycles. The lowest BCUT2D eigenvalue weighted by atomic mass is 9.74. The minimum atomic E-state index is 0.597. The van der Waals surface area contributed by atoms with Crippen molar-refractivity contribution in [1.82, 2.24) is 10.2 Å². The molecule has 0 aromatic heterocycles. The average Bonchev–Trinajstić information content (AvgIpc) is 2.36. The summed E-state index contributed by atoms with van der Waals surface area (Å²) in [6.07, 6.45) is 6.75. The molecule has 2 heteroatoms. The van der Waals surface area contributed by atoms with Gasteiger partial charge in [0.1, 0.15) is 0 Å².